The van der Waals surface area contributed by atoms with E-state index in [2.05, 4.69) is 44.8 Å². The first-order chi connectivity index (χ1) is 6.79. The molecule has 1 aliphatic rings. The summed E-state index contributed by atoms with van der Waals surface area (Å²) in [6.45, 7) is 6.56. The van der Waals surface area contributed by atoms with Crippen LogP contribution in [-0.2, 0) is 0 Å². The Labute approximate surface area is 95.3 Å². The maximum absolute atomic E-state index is 4.38. The molecule has 1 unspecified atom stereocenters. The maximum Gasteiger partial charge on any atom is 0.175 e. The third-order valence-corrected chi connectivity index (χ3v) is 3.38. The van der Waals surface area contributed by atoms with Gasteiger partial charge in [-0.15, -0.1) is 0 Å². The summed E-state index contributed by atoms with van der Waals surface area (Å²) in [5.74, 6) is 0. The topological polar surface area (TPSA) is 18.8 Å². The molecular weight excluding hydrogens is 242 g/mol. The number of rotatable bonds is 6. The zero-order valence-electron chi connectivity index (χ0n) is 9.12. The predicted molar refractivity (Wildman–Crippen MR) is 64.4 cm³/mol. The second kappa shape index (κ2) is 6.27. The van der Waals surface area contributed by atoms with E-state index in [1.807, 2.05) is 6.34 Å². The highest BCUT2D eigenvalue weighted by Gasteiger charge is 2.23. The van der Waals surface area contributed by atoms with Crippen LogP contribution >= 0.6 is 15.9 Å². The van der Waals surface area contributed by atoms with Crippen LogP contribution in [0.1, 0.15) is 39.5 Å². The molecule has 3 nitrogen and oxygen atoms in total. The number of nitrogens with zero attached hydrogens (tertiary/aromatic N) is 3. The first-order valence-electron chi connectivity index (χ1n) is 5.50. The van der Waals surface area contributed by atoms with Crippen molar-refractivity contribution in [2.45, 2.75) is 44.6 Å². The summed E-state index contributed by atoms with van der Waals surface area (Å²) >= 11 is 3.66. The van der Waals surface area contributed by atoms with Gasteiger partial charge in [-0.3, -0.25) is 5.01 Å². The van der Waals surface area contributed by atoms with Gasteiger partial charge in [-0.2, -0.15) is 5.10 Å². The third-order valence-electron chi connectivity index (χ3n) is 2.38. The highest BCUT2D eigenvalue weighted by Crippen LogP contribution is 2.19. The lowest BCUT2D eigenvalue weighted by Gasteiger charge is -2.25. The van der Waals surface area contributed by atoms with Crippen molar-refractivity contribution in [1.29, 1.82) is 0 Å². The van der Waals surface area contributed by atoms with Crippen LogP contribution in [-0.4, -0.2) is 34.4 Å². The number of unbranched alkanes of at least 4 members (excludes halogenated alkanes) is 2. The quantitative estimate of drug-likeness (QED) is 0.541. The first kappa shape index (κ1) is 11.8. The van der Waals surface area contributed by atoms with E-state index in [0.717, 1.165) is 13.1 Å². The van der Waals surface area contributed by atoms with Gasteiger partial charge in [0.15, 0.2) is 5.08 Å². The normalized spacial score (nSPS) is 20.9. The fourth-order valence-corrected chi connectivity index (χ4v) is 2.02. The van der Waals surface area contributed by atoms with E-state index < -0.39 is 0 Å². The number of hydrazone groups is 1. The molecule has 0 amide bonds. The largest absolute Gasteiger partial charge is 0.331 e. The van der Waals surface area contributed by atoms with E-state index in [4.69, 9.17) is 0 Å². The predicted octanol–water partition coefficient (Wildman–Crippen LogP) is 2.83. The molecule has 1 heterocycles. The van der Waals surface area contributed by atoms with Gasteiger partial charge >= 0.3 is 0 Å². The molecule has 1 atom stereocenters. The van der Waals surface area contributed by atoms with E-state index in [-0.39, 0.29) is 5.08 Å². The third kappa shape index (κ3) is 3.15. The fraction of sp³-hybridized carbons (Fsp3) is 0.900. The molecule has 1 aliphatic heterocycles. The Morgan fingerprint density at radius 1 is 1.21 bits per heavy atom. The Balaban J connectivity index is 2.28. The molecule has 0 aromatic heterocycles. The number of halogens is 1. The molecule has 0 fully saturated rings. The van der Waals surface area contributed by atoms with Crippen LogP contribution in [0.3, 0.4) is 0 Å². The van der Waals surface area contributed by atoms with Gasteiger partial charge in [-0.25, -0.2) is 0 Å². The molecule has 14 heavy (non-hydrogen) atoms. The van der Waals surface area contributed by atoms with Crippen LogP contribution in [0.4, 0.5) is 0 Å². The lowest BCUT2D eigenvalue weighted by Crippen LogP contribution is -2.35. The minimum absolute atomic E-state index is 0.278. The standard InChI is InChI=1S/C10H20BrN3/c1-3-5-7-13-9-12-14(10(13)11)8-6-4-2/h9-10H,3-8H2,1-2H3. The summed E-state index contributed by atoms with van der Waals surface area (Å²) in [6, 6.07) is 0. The molecule has 0 aromatic carbocycles. The molecule has 0 saturated heterocycles. The second-order valence-corrected chi connectivity index (χ2v) is 4.47. The Hall–Kier alpha value is -0.250. The minimum atomic E-state index is 0.278. The summed E-state index contributed by atoms with van der Waals surface area (Å²) in [5.41, 5.74) is 0. The molecule has 4 heteroatoms. The van der Waals surface area contributed by atoms with Crippen molar-refractivity contribution in [2.24, 2.45) is 5.10 Å². The van der Waals surface area contributed by atoms with Crippen LogP contribution in [0.2, 0.25) is 0 Å². The van der Waals surface area contributed by atoms with Gasteiger partial charge in [0, 0.05) is 13.1 Å². The van der Waals surface area contributed by atoms with Gasteiger partial charge in [0.1, 0.15) is 6.34 Å². The average molecular weight is 262 g/mol. The van der Waals surface area contributed by atoms with Crippen molar-refractivity contribution in [2.75, 3.05) is 13.1 Å². The van der Waals surface area contributed by atoms with Crippen molar-refractivity contribution in [3.8, 4) is 0 Å². The zero-order chi connectivity index (χ0) is 10.4. The van der Waals surface area contributed by atoms with Crippen LogP contribution in [0.25, 0.3) is 0 Å². The van der Waals surface area contributed by atoms with Crippen LogP contribution in [0.15, 0.2) is 5.10 Å². The van der Waals surface area contributed by atoms with Crippen LogP contribution < -0.4 is 0 Å². The van der Waals surface area contributed by atoms with Gasteiger partial charge in [0.05, 0.1) is 0 Å². The highest BCUT2D eigenvalue weighted by atomic mass is 79.9. The van der Waals surface area contributed by atoms with E-state index in [1.165, 1.54) is 25.7 Å². The monoisotopic (exact) mass is 261 g/mol. The van der Waals surface area contributed by atoms with Crippen molar-refractivity contribution in [3.63, 3.8) is 0 Å². The lowest BCUT2D eigenvalue weighted by atomic mass is 10.3. The Kier molecular flexibility index (Phi) is 5.30. The molecule has 0 bridgehead atoms. The summed E-state index contributed by atoms with van der Waals surface area (Å²) in [5, 5.41) is 6.76. The van der Waals surface area contributed by atoms with Gasteiger partial charge in [0.25, 0.3) is 0 Å². The smallest absolute Gasteiger partial charge is 0.175 e. The van der Waals surface area contributed by atoms with Gasteiger partial charge in [-0.05, 0) is 28.8 Å². The molecule has 0 aliphatic carbocycles. The zero-order valence-corrected chi connectivity index (χ0v) is 10.7. The SMILES string of the molecule is CCCCN1C=NN(CCCC)C1Br. The van der Waals surface area contributed by atoms with E-state index >= 15 is 0 Å². The van der Waals surface area contributed by atoms with Crippen molar-refractivity contribution in [1.82, 2.24) is 9.91 Å². The van der Waals surface area contributed by atoms with Gasteiger partial charge in [-0.1, -0.05) is 26.7 Å². The molecular formula is C10H20BrN3. The molecule has 82 valence electrons. The second-order valence-electron chi connectivity index (χ2n) is 3.65. The first-order valence-corrected chi connectivity index (χ1v) is 6.41. The van der Waals surface area contributed by atoms with Gasteiger partial charge < -0.3 is 4.90 Å². The van der Waals surface area contributed by atoms with Crippen molar-refractivity contribution >= 4 is 22.3 Å². The summed E-state index contributed by atoms with van der Waals surface area (Å²) in [4.78, 5) is 2.25. The maximum atomic E-state index is 4.38. The van der Waals surface area contributed by atoms with E-state index in [0.29, 0.717) is 0 Å². The average Bonchev–Trinajstić information content (AvgIpc) is 2.54. The van der Waals surface area contributed by atoms with Crippen molar-refractivity contribution < 1.29 is 0 Å². The Morgan fingerprint density at radius 2 is 1.86 bits per heavy atom. The van der Waals surface area contributed by atoms with Crippen LogP contribution in [0.5, 0.6) is 0 Å². The summed E-state index contributed by atoms with van der Waals surface area (Å²) < 4.78 is 0. The number of alkyl halides is 1. The molecule has 1 rings (SSSR count). The molecule has 0 spiro atoms. The number of hydrogen-bond acceptors (Lipinski definition) is 3. The van der Waals surface area contributed by atoms with Crippen molar-refractivity contribution in [3.05, 3.63) is 0 Å². The Bertz CT molecular complexity index is 166. The molecule has 0 aromatic rings. The molecule has 0 saturated carbocycles. The highest BCUT2D eigenvalue weighted by molar-refractivity contribution is 9.09. The minimum Gasteiger partial charge on any atom is -0.331 e. The fourth-order valence-electron chi connectivity index (χ4n) is 1.40. The summed E-state index contributed by atoms with van der Waals surface area (Å²) in [7, 11) is 0. The molecule has 0 N–H and O–H groups in total. The lowest BCUT2D eigenvalue weighted by molar-refractivity contribution is 0.207. The van der Waals surface area contributed by atoms with E-state index in [1.54, 1.807) is 0 Å². The number of hydrogen-bond donors (Lipinski definition) is 0. The van der Waals surface area contributed by atoms with E-state index in [9.17, 15) is 0 Å². The molecule has 0 radical (unpaired) electrons. The Morgan fingerprint density at radius 3 is 2.50 bits per heavy atom. The van der Waals surface area contributed by atoms with Gasteiger partial charge in [0.2, 0.25) is 0 Å². The summed E-state index contributed by atoms with van der Waals surface area (Å²) in [6.07, 6.45) is 6.85. The van der Waals surface area contributed by atoms with Crippen LogP contribution in [0, 0.1) is 0 Å².